The largest absolute Gasteiger partial charge is 0.493 e. The number of nitrogens with one attached hydrogen (secondary N) is 1. The van der Waals surface area contributed by atoms with Crippen LogP contribution in [0.25, 0.3) is 0 Å². The second-order valence-corrected chi connectivity index (χ2v) is 5.52. The first kappa shape index (κ1) is 14.7. The zero-order chi connectivity index (χ0) is 14.5. The van der Waals surface area contributed by atoms with Gasteiger partial charge in [-0.1, -0.05) is 6.07 Å². The smallest absolute Gasteiger partial charge is 0.161 e. The molecule has 1 atom stereocenters. The van der Waals surface area contributed by atoms with Gasteiger partial charge in [0.15, 0.2) is 11.5 Å². The maximum absolute atomic E-state index is 5.88. The van der Waals surface area contributed by atoms with Gasteiger partial charge in [0.2, 0.25) is 0 Å². The van der Waals surface area contributed by atoms with Gasteiger partial charge in [0.1, 0.15) is 0 Å². The lowest BCUT2D eigenvalue weighted by molar-refractivity contribution is 0.354. The molecular weight excluding hydrogens is 272 g/mol. The fraction of sp³-hybridized carbons (Fsp3) is 0.333. The van der Waals surface area contributed by atoms with Gasteiger partial charge in [0.05, 0.1) is 14.2 Å². The molecule has 0 aliphatic rings. The van der Waals surface area contributed by atoms with Crippen LogP contribution < -0.4 is 20.5 Å². The number of hydrogen-bond donors (Lipinski definition) is 2. The lowest BCUT2D eigenvalue weighted by atomic mass is 10.1. The summed E-state index contributed by atoms with van der Waals surface area (Å²) in [6.45, 7) is 2.88. The van der Waals surface area contributed by atoms with Crippen molar-refractivity contribution < 1.29 is 9.47 Å². The Kier molecular flexibility index (Phi) is 4.87. The maximum Gasteiger partial charge on any atom is 0.161 e. The van der Waals surface area contributed by atoms with E-state index in [-0.39, 0.29) is 6.04 Å². The van der Waals surface area contributed by atoms with E-state index in [1.54, 1.807) is 25.6 Å². The van der Waals surface area contributed by atoms with E-state index in [0.717, 1.165) is 34.2 Å². The number of ether oxygens (including phenoxy) is 2. The van der Waals surface area contributed by atoms with Gasteiger partial charge in [0.25, 0.3) is 0 Å². The number of hydrogen-bond acceptors (Lipinski definition) is 5. The van der Waals surface area contributed by atoms with Crippen molar-refractivity contribution in [2.45, 2.75) is 19.5 Å². The van der Waals surface area contributed by atoms with Crippen LogP contribution in [0.15, 0.2) is 29.6 Å². The van der Waals surface area contributed by atoms with E-state index in [0.29, 0.717) is 0 Å². The number of methoxy groups -OCH3 is 2. The average molecular weight is 292 g/mol. The van der Waals surface area contributed by atoms with E-state index in [1.165, 1.54) is 0 Å². The van der Waals surface area contributed by atoms with E-state index in [9.17, 15) is 0 Å². The molecule has 1 aromatic carbocycles. The summed E-state index contributed by atoms with van der Waals surface area (Å²) in [6.07, 6.45) is 0. The average Bonchev–Trinajstić information content (AvgIpc) is 2.89. The molecule has 0 amide bonds. The summed E-state index contributed by atoms with van der Waals surface area (Å²) in [7, 11) is 3.28. The van der Waals surface area contributed by atoms with Gasteiger partial charge < -0.3 is 20.5 Å². The number of nitrogen functional groups attached to an aromatic ring is 1. The zero-order valence-electron chi connectivity index (χ0n) is 12.0. The normalized spacial score (nSPS) is 12.2. The minimum absolute atomic E-state index is 0.205. The van der Waals surface area contributed by atoms with E-state index in [1.807, 2.05) is 29.6 Å². The van der Waals surface area contributed by atoms with Crippen LogP contribution in [0.5, 0.6) is 11.5 Å². The topological polar surface area (TPSA) is 56.5 Å². The number of rotatable bonds is 6. The minimum Gasteiger partial charge on any atom is -0.493 e. The predicted molar refractivity (Wildman–Crippen MR) is 83.5 cm³/mol. The van der Waals surface area contributed by atoms with Crippen molar-refractivity contribution in [3.05, 3.63) is 40.1 Å². The fourth-order valence-corrected chi connectivity index (χ4v) is 2.73. The molecule has 0 aliphatic heterocycles. The lowest BCUT2D eigenvalue weighted by Crippen LogP contribution is -2.18. The van der Waals surface area contributed by atoms with Gasteiger partial charge in [0, 0.05) is 23.2 Å². The van der Waals surface area contributed by atoms with E-state index < -0.39 is 0 Å². The van der Waals surface area contributed by atoms with Crippen molar-refractivity contribution in [3.8, 4) is 11.5 Å². The first-order chi connectivity index (χ1) is 9.65. The number of benzene rings is 1. The Hall–Kier alpha value is -1.72. The summed E-state index contributed by atoms with van der Waals surface area (Å²) >= 11 is 1.67. The first-order valence-electron chi connectivity index (χ1n) is 6.43. The minimum atomic E-state index is 0.205. The molecule has 1 unspecified atom stereocenters. The Balaban J connectivity index is 2.05. The third-order valence-electron chi connectivity index (χ3n) is 3.26. The van der Waals surface area contributed by atoms with Gasteiger partial charge in [-0.3, -0.25) is 0 Å². The van der Waals surface area contributed by atoms with Crippen LogP contribution in [0.3, 0.4) is 0 Å². The predicted octanol–water partition coefficient (Wildman–Crippen LogP) is 3.20. The molecule has 0 saturated carbocycles. The Bertz CT molecular complexity index is 569. The summed E-state index contributed by atoms with van der Waals surface area (Å²) in [6, 6.07) is 8.09. The Morgan fingerprint density at radius 3 is 2.55 bits per heavy atom. The molecule has 0 aliphatic carbocycles. The van der Waals surface area contributed by atoms with Crippen LogP contribution in [0.2, 0.25) is 0 Å². The van der Waals surface area contributed by atoms with Crippen molar-refractivity contribution >= 4 is 17.0 Å². The quantitative estimate of drug-likeness (QED) is 0.858. The van der Waals surface area contributed by atoms with E-state index in [4.69, 9.17) is 15.2 Å². The van der Waals surface area contributed by atoms with Crippen molar-refractivity contribution in [2.75, 3.05) is 20.0 Å². The summed E-state index contributed by atoms with van der Waals surface area (Å²) in [5.74, 6) is 1.49. The highest BCUT2D eigenvalue weighted by molar-refractivity contribution is 7.10. The number of anilines is 1. The number of nitrogens with two attached hydrogens (primary N) is 1. The molecule has 0 fully saturated rings. The van der Waals surface area contributed by atoms with Crippen molar-refractivity contribution in [1.82, 2.24) is 5.32 Å². The fourth-order valence-electron chi connectivity index (χ4n) is 1.98. The Morgan fingerprint density at radius 2 is 1.95 bits per heavy atom. The summed E-state index contributed by atoms with van der Waals surface area (Å²) in [5, 5.41) is 5.47. The molecule has 5 heteroatoms. The van der Waals surface area contributed by atoms with Gasteiger partial charge in [-0.15, -0.1) is 11.3 Å². The van der Waals surface area contributed by atoms with Crippen molar-refractivity contribution in [1.29, 1.82) is 0 Å². The highest BCUT2D eigenvalue weighted by Gasteiger charge is 2.10. The van der Waals surface area contributed by atoms with Crippen LogP contribution in [0.1, 0.15) is 23.4 Å². The molecule has 0 spiro atoms. The van der Waals surface area contributed by atoms with Crippen LogP contribution in [0.4, 0.5) is 5.69 Å². The van der Waals surface area contributed by atoms with E-state index >= 15 is 0 Å². The van der Waals surface area contributed by atoms with Crippen molar-refractivity contribution in [3.63, 3.8) is 0 Å². The molecule has 1 heterocycles. The van der Waals surface area contributed by atoms with Gasteiger partial charge >= 0.3 is 0 Å². The molecule has 3 N–H and O–H groups in total. The standard InChI is InChI=1S/C15H20N2O2S/c1-10(17-9-15-12(16)6-7-20-15)11-4-5-13(18-2)14(8-11)19-3/h4-8,10,17H,9,16H2,1-3H3. The molecule has 20 heavy (non-hydrogen) atoms. The van der Waals surface area contributed by atoms with Crippen LogP contribution >= 0.6 is 11.3 Å². The molecule has 2 aromatic rings. The van der Waals surface area contributed by atoms with Crippen LogP contribution in [-0.2, 0) is 6.54 Å². The highest BCUT2D eigenvalue weighted by Crippen LogP contribution is 2.30. The monoisotopic (exact) mass is 292 g/mol. The first-order valence-corrected chi connectivity index (χ1v) is 7.30. The Morgan fingerprint density at radius 1 is 1.20 bits per heavy atom. The highest BCUT2D eigenvalue weighted by atomic mass is 32.1. The molecule has 0 saturated heterocycles. The van der Waals surface area contributed by atoms with Gasteiger partial charge in [-0.05, 0) is 36.1 Å². The summed E-state index contributed by atoms with van der Waals surface area (Å²) in [5.41, 5.74) is 7.88. The lowest BCUT2D eigenvalue weighted by Gasteiger charge is -2.16. The maximum atomic E-state index is 5.88. The van der Waals surface area contributed by atoms with Crippen LogP contribution in [-0.4, -0.2) is 14.2 Å². The van der Waals surface area contributed by atoms with E-state index in [2.05, 4.69) is 12.2 Å². The molecule has 0 bridgehead atoms. The molecule has 1 aromatic heterocycles. The molecule has 2 rings (SSSR count). The second kappa shape index (κ2) is 6.63. The summed E-state index contributed by atoms with van der Waals surface area (Å²) < 4.78 is 10.6. The SMILES string of the molecule is COc1ccc(C(C)NCc2sccc2N)cc1OC. The van der Waals surface area contributed by atoms with Crippen LogP contribution in [0, 0.1) is 0 Å². The van der Waals surface area contributed by atoms with Gasteiger partial charge in [-0.2, -0.15) is 0 Å². The molecule has 0 radical (unpaired) electrons. The molecule has 108 valence electrons. The third-order valence-corrected chi connectivity index (χ3v) is 4.19. The summed E-state index contributed by atoms with van der Waals surface area (Å²) in [4.78, 5) is 1.16. The second-order valence-electron chi connectivity index (χ2n) is 4.52. The molecule has 4 nitrogen and oxygen atoms in total. The molecular formula is C15H20N2O2S. The van der Waals surface area contributed by atoms with Gasteiger partial charge in [-0.25, -0.2) is 0 Å². The zero-order valence-corrected chi connectivity index (χ0v) is 12.8. The number of thiophene rings is 1. The Labute approximate surface area is 123 Å². The van der Waals surface area contributed by atoms with Crippen molar-refractivity contribution in [2.24, 2.45) is 0 Å². The third kappa shape index (κ3) is 3.23.